The number of oxazole rings is 1. The van der Waals surface area contributed by atoms with Crippen molar-refractivity contribution in [1.29, 1.82) is 0 Å². The van der Waals surface area contributed by atoms with E-state index in [0.717, 1.165) is 58.0 Å². The molecule has 4 aromatic rings. The van der Waals surface area contributed by atoms with Crippen molar-refractivity contribution in [3.8, 4) is 22.5 Å². The first-order valence-corrected chi connectivity index (χ1v) is 13.2. The van der Waals surface area contributed by atoms with Crippen molar-refractivity contribution in [2.24, 2.45) is 5.14 Å². The second-order valence-electron chi connectivity index (χ2n) is 9.64. The predicted molar refractivity (Wildman–Crippen MR) is 144 cm³/mol. The summed E-state index contributed by atoms with van der Waals surface area (Å²) in [4.78, 5) is 20.4. The average molecular weight is 497 g/mol. The fourth-order valence-corrected chi connectivity index (χ4v) is 6.05. The van der Waals surface area contributed by atoms with E-state index in [-0.39, 0.29) is 11.4 Å². The number of nitrogens with one attached hydrogen (secondary N) is 1. The Morgan fingerprint density at radius 1 is 1.06 bits per heavy atom. The third kappa shape index (κ3) is 4.08. The van der Waals surface area contributed by atoms with E-state index in [1.165, 1.54) is 36.7 Å². The molecule has 1 spiro atoms. The molecular weight excluding hydrogens is 468 g/mol. The van der Waals surface area contributed by atoms with Crippen LogP contribution < -0.4 is 15.4 Å². The Morgan fingerprint density at radius 3 is 2.56 bits per heavy atom. The largest absolute Gasteiger partial charge is 0.443 e. The summed E-state index contributed by atoms with van der Waals surface area (Å²) in [6.07, 6.45) is 7.81. The molecule has 182 valence electrons. The van der Waals surface area contributed by atoms with Gasteiger partial charge in [0.05, 0.1) is 6.20 Å². The van der Waals surface area contributed by atoms with Gasteiger partial charge >= 0.3 is 6.03 Å². The highest BCUT2D eigenvalue weighted by molar-refractivity contribution is 7.97. The van der Waals surface area contributed by atoms with Gasteiger partial charge in [0.1, 0.15) is 0 Å². The number of urea groups is 1. The minimum atomic E-state index is -0.0490. The molecule has 6 rings (SSSR count). The summed E-state index contributed by atoms with van der Waals surface area (Å²) < 4.78 is 5.61. The highest BCUT2D eigenvalue weighted by Gasteiger charge is 2.46. The first kappa shape index (κ1) is 22.9. The first-order valence-electron chi connectivity index (χ1n) is 12.3. The summed E-state index contributed by atoms with van der Waals surface area (Å²) in [5.41, 5.74) is 6.62. The zero-order chi connectivity index (χ0) is 24.5. The maximum Gasteiger partial charge on any atom is 0.322 e. The number of benzene rings is 3. The monoisotopic (exact) mass is 496 g/mol. The summed E-state index contributed by atoms with van der Waals surface area (Å²) in [5.74, 6) is 0.751. The van der Waals surface area contributed by atoms with Gasteiger partial charge in [0.15, 0.2) is 12.2 Å². The first-order chi connectivity index (χ1) is 17.7. The number of carbonyl (C=O) groups is 1. The minimum Gasteiger partial charge on any atom is -0.443 e. The van der Waals surface area contributed by atoms with E-state index >= 15 is 0 Å². The molecule has 3 N–H and O–H groups in total. The summed E-state index contributed by atoms with van der Waals surface area (Å²) in [6, 6.07) is 22.7. The van der Waals surface area contributed by atoms with Crippen LogP contribution in [0.15, 0.2) is 88.6 Å². The number of amides is 2. The summed E-state index contributed by atoms with van der Waals surface area (Å²) >= 11 is 1.22. The van der Waals surface area contributed by atoms with Crippen LogP contribution in [0.2, 0.25) is 0 Å². The number of aromatic nitrogens is 1. The van der Waals surface area contributed by atoms with Crippen LogP contribution in [-0.2, 0) is 12.0 Å². The standard InChI is InChI=1S/C29H28N4O2S/c30-36-22-10-7-20(8-11-22)16-32-28(34)33-18-29(13-3-4-14-29)25-15-21(9-12-26(25)33)23-5-1-2-6-24(23)27-17-31-19-35-27/h1-2,5-12,15,17,19H,3-4,13-14,16,18,30H2,(H,32,34). The molecule has 0 radical (unpaired) electrons. The quantitative estimate of drug-likeness (QED) is 0.308. The highest BCUT2D eigenvalue weighted by Crippen LogP contribution is 2.51. The number of fused-ring (bicyclic) bond motifs is 2. The van der Waals surface area contributed by atoms with Crippen LogP contribution in [0.25, 0.3) is 22.5 Å². The van der Waals surface area contributed by atoms with Gasteiger partial charge in [-0.05, 0) is 71.3 Å². The van der Waals surface area contributed by atoms with E-state index < -0.39 is 0 Å². The molecule has 1 saturated carbocycles. The zero-order valence-electron chi connectivity index (χ0n) is 19.9. The lowest BCUT2D eigenvalue weighted by Gasteiger charge is -2.25. The van der Waals surface area contributed by atoms with Crippen LogP contribution in [0.1, 0.15) is 36.8 Å². The molecule has 0 saturated heterocycles. The van der Waals surface area contributed by atoms with Crippen LogP contribution in [-0.4, -0.2) is 17.6 Å². The number of anilines is 1. The SMILES string of the molecule is NSc1ccc(CNC(=O)N2CC3(CCCC3)c3cc(-c4ccccc4-c4cnco4)ccc32)cc1. The number of nitrogens with zero attached hydrogens (tertiary/aromatic N) is 2. The Morgan fingerprint density at radius 2 is 1.83 bits per heavy atom. The Bertz CT molecular complexity index is 1380. The van der Waals surface area contributed by atoms with Crippen molar-refractivity contribution in [3.63, 3.8) is 0 Å². The molecule has 0 unspecified atom stereocenters. The molecule has 1 fully saturated rings. The van der Waals surface area contributed by atoms with Crippen LogP contribution in [0.4, 0.5) is 10.5 Å². The highest BCUT2D eigenvalue weighted by atomic mass is 32.2. The molecule has 3 aromatic carbocycles. The van der Waals surface area contributed by atoms with Gasteiger partial charge in [-0.2, -0.15) is 0 Å². The molecular formula is C29H28N4O2S. The Labute approximate surface area is 215 Å². The van der Waals surface area contributed by atoms with Gasteiger partial charge in [-0.1, -0.05) is 55.3 Å². The van der Waals surface area contributed by atoms with Crippen molar-refractivity contribution in [1.82, 2.24) is 10.3 Å². The van der Waals surface area contributed by atoms with Gasteiger partial charge < -0.3 is 9.73 Å². The molecule has 0 bridgehead atoms. The second-order valence-corrected chi connectivity index (χ2v) is 10.3. The smallest absolute Gasteiger partial charge is 0.322 e. The molecule has 7 heteroatoms. The third-order valence-corrected chi connectivity index (χ3v) is 8.11. The molecule has 1 aliphatic carbocycles. The van der Waals surface area contributed by atoms with E-state index in [9.17, 15) is 4.79 Å². The normalized spacial score (nSPS) is 15.9. The van der Waals surface area contributed by atoms with Crippen LogP contribution in [0.5, 0.6) is 0 Å². The van der Waals surface area contributed by atoms with Crippen LogP contribution >= 0.6 is 11.9 Å². The predicted octanol–water partition coefficient (Wildman–Crippen LogP) is 6.52. The van der Waals surface area contributed by atoms with Crippen molar-refractivity contribution in [3.05, 3.63) is 90.4 Å². The summed E-state index contributed by atoms with van der Waals surface area (Å²) in [5, 5.41) is 8.75. The maximum atomic E-state index is 13.4. The molecule has 0 atom stereocenters. The molecule has 1 aliphatic heterocycles. The van der Waals surface area contributed by atoms with Crippen molar-refractivity contribution in [2.45, 2.75) is 42.5 Å². The van der Waals surface area contributed by atoms with E-state index in [1.807, 2.05) is 41.3 Å². The number of nitrogens with two attached hydrogens (primary N) is 1. The zero-order valence-corrected chi connectivity index (χ0v) is 20.8. The minimum absolute atomic E-state index is 0.0177. The third-order valence-electron chi connectivity index (χ3n) is 7.56. The average Bonchev–Trinajstić information content (AvgIpc) is 3.69. The number of hydrogen-bond donors (Lipinski definition) is 2. The number of carbonyl (C=O) groups excluding carboxylic acids is 1. The Hall–Kier alpha value is -3.55. The van der Waals surface area contributed by atoms with Crippen LogP contribution in [0.3, 0.4) is 0 Å². The Kier molecular flexibility index (Phi) is 6.03. The Balaban J connectivity index is 1.31. The molecule has 6 nitrogen and oxygen atoms in total. The van der Waals surface area contributed by atoms with Crippen molar-refractivity contribution < 1.29 is 9.21 Å². The fourth-order valence-electron chi connectivity index (χ4n) is 5.75. The fraction of sp³-hybridized carbons (Fsp3) is 0.241. The molecule has 2 aliphatic rings. The van der Waals surface area contributed by atoms with Gasteiger partial charge in [-0.15, -0.1) is 0 Å². The van der Waals surface area contributed by atoms with E-state index in [0.29, 0.717) is 6.54 Å². The van der Waals surface area contributed by atoms with Crippen LogP contribution in [0, 0.1) is 0 Å². The van der Waals surface area contributed by atoms with Gasteiger partial charge in [0.2, 0.25) is 0 Å². The van der Waals surface area contributed by atoms with Gasteiger partial charge in [0.25, 0.3) is 0 Å². The lowest BCUT2D eigenvalue weighted by molar-refractivity contribution is 0.245. The lowest BCUT2D eigenvalue weighted by atomic mass is 9.79. The lowest BCUT2D eigenvalue weighted by Crippen LogP contribution is -2.41. The maximum absolute atomic E-state index is 13.4. The van der Waals surface area contributed by atoms with Gasteiger partial charge in [0, 0.05) is 34.7 Å². The molecule has 2 heterocycles. The van der Waals surface area contributed by atoms with E-state index in [1.54, 1.807) is 6.20 Å². The van der Waals surface area contributed by atoms with Gasteiger partial charge in [-0.25, -0.2) is 9.78 Å². The number of hydrogen-bond acceptors (Lipinski definition) is 5. The van der Waals surface area contributed by atoms with Gasteiger partial charge in [-0.3, -0.25) is 10.0 Å². The van der Waals surface area contributed by atoms with E-state index in [2.05, 4.69) is 40.6 Å². The topological polar surface area (TPSA) is 84.4 Å². The van der Waals surface area contributed by atoms with Crippen molar-refractivity contribution >= 4 is 23.7 Å². The van der Waals surface area contributed by atoms with Crippen molar-refractivity contribution in [2.75, 3.05) is 11.4 Å². The molecule has 2 amide bonds. The van der Waals surface area contributed by atoms with E-state index in [4.69, 9.17) is 9.56 Å². The number of rotatable bonds is 5. The second kappa shape index (κ2) is 9.48. The summed E-state index contributed by atoms with van der Waals surface area (Å²) in [6.45, 7) is 1.21. The summed E-state index contributed by atoms with van der Waals surface area (Å²) in [7, 11) is 0. The molecule has 36 heavy (non-hydrogen) atoms. The molecule has 1 aromatic heterocycles.